The van der Waals surface area contributed by atoms with Crippen LogP contribution in [0.2, 0.25) is 0 Å². The van der Waals surface area contributed by atoms with Crippen LogP contribution in [-0.2, 0) is 11.3 Å². The molecule has 0 unspecified atom stereocenters. The fraction of sp³-hybridized carbons (Fsp3) is 0.417. The highest BCUT2D eigenvalue weighted by molar-refractivity contribution is 5.78. The van der Waals surface area contributed by atoms with Crippen LogP contribution in [0.25, 0.3) is 11.3 Å². The Balaban J connectivity index is 1.22. The van der Waals surface area contributed by atoms with E-state index in [4.69, 9.17) is 19.0 Å². The van der Waals surface area contributed by atoms with Gasteiger partial charge in [-0.1, -0.05) is 11.2 Å². The molecule has 0 radical (unpaired) electrons. The molecular formula is C24H27N5O4. The number of carbonyl (C=O) groups is 1. The number of rotatable bonds is 6. The molecule has 0 spiro atoms. The molecule has 0 bridgehead atoms. The Morgan fingerprint density at radius 3 is 2.94 bits per heavy atom. The number of likely N-dealkylation sites (tertiary alicyclic amines) is 1. The van der Waals surface area contributed by atoms with Gasteiger partial charge in [-0.25, -0.2) is 9.97 Å². The Morgan fingerprint density at radius 1 is 1.21 bits per heavy atom. The van der Waals surface area contributed by atoms with Gasteiger partial charge in [-0.2, -0.15) is 0 Å². The summed E-state index contributed by atoms with van der Waals surface area (Å²) in [6.07, 6.45) is 3.82. The van der Waals surface area contributed by atoms with E-state index in [0.717, 1.165) is 65.8 Å². The first-order valence-corrected chi connectivity index (χ1v) is 11.2. The number of piperidine rings is 1. The molecule has 172 valence electrons. The molecule has 2 aliphatic heterocycles. The average Bonchev–Trinajstić information content (AvgIpc) is 3.46. The summed E-state index contributed by atoms with van der Waals surface area (Å²) in [4.78, 5) is 24.0. The predicted octanol–water partition coefficient (Wildman–Crippen LogP) is 2.97. The Morgan fingerprint density at radius 2 is 2.09 bits per heavy atom. The lowest BCUT2D eigenvalue weighted by Crippen LogP contribution is -2.42. The van der Waals surface area contributed by atoms with E-state index in [0.29, 0.717) is 18.8 Å². The molecule has 0 aliphatic carbocycles. The van der Waals surface area contributed by atoms with Crippen molar-refractivity contribution >= 4 is 5.91 Å². The minimum atomic E-state index is -0.00160. The number of aromatic nitrogens is 3. The zero-order valence-electron chi connectivity index (χ0n) is 18.8. The van der Waals surface area contributed by atoms with E-state index in [1.54, 1.807) is 0 Å². The van der Waals surface area contributed by atoms with Crippen molar-refractivity contribution in [2.45, 2.75) is 39.2 Å². The number of carbonyl (C=O) groups excluding carboxylic acids is 1. The first-order chi connectivity index (χ1) is 16.0. The Bertz CT molecular complexity index is 1160. The van der Waals surface area contributed by atoms with Crippen LogP contribution in [0.3, 0.4) is 0 Å². The van der Waals surface area contributed by atoms with Crippen molar-refractivity contribution in [2.75, 3.05) is 26.4 Å². The van der Waals surface area contributed by atoms with Gasteiger partial charge in [-0.3, -0.25) is 9.69 Å². The second-order valence-corrected chi connectivity index (χ2v) is 8.59. The summed E-state index contributed by atoms with van der Waals surface area (Å²) in [7, 11) is 0. The van der Waals surface area contributed by atoms with Crippen molar-refractivity contribution in [3.05, 3.63) is 53.2 Å². The van der Waals surface area contributed by atoms with Crippen molar-refractivity contribution in [3.8, 4) is 22.8 Å². The molecular weight excluding hydrogens is 422 g/mol. The van der Waals surface area contributed by atoms with Gasteiger partial charge in [0.2, 0.25) is 12.7 Å². The number of nitrogens with zero attached hydrogens (tertiary/aromatic N) is 4. The van der Waals surface area contributed by atoms with E-state index in [1.165, 1.54) is 0 Å². The van der Waals surface area contributed by atoms with Gasteiger partial charge in [0, 0.05) is 31.3 Å². The number of ether oxygens (including phenoxy) is 2. The lowest BCUT2D eigenvalue weighted by Gasteiger charge is -2.32. The smallest absolute Gasteiger partial charge is 0.234 e. The minimum absolute atomic E-state index is 0.00160. The fourth-order valence-corrected chi connectivity index (χ4v) is 4.41. The molecule has 0 saturated carbocycles. The summed E-state index contributed by atoms with van der Waals surface area (Å²) < 4.78 is 16.2. The number of benzene rings is 1. The van der Waals surface area contributed by atoms with Crippen molar-refractivity contribution in [2.24, 2.45) is 0 Å². The summed E-state index contributed by atoms with van der Waals surface area (Å²) in [6.45, 7) is 6.47. The lowest BCUT2D eigenvalue weighted by atomic mass is 9.91. The highest BCUT2D eigenvalue weighted by Gasteiger charge is 2.27. The molecule has 2 aromatic heterocycles. The summed E-state index contributed by atoms with van der Waals surface area (Å²) in [5.74, 6) is 3.06. The molecule has 1 saturated heterocycles. The van der Waals surface area contributed by atoms with Crippen LogP contribution in [0.5, 0.6) is 11.5 Å². The van der Waals surface area contributed by atoms with Crippen LogP contribution >= 0.6 is 0 Å². The topological polar surface area (TPSA) is 103 Å². The third-order valence-corrected chi connectivity index (χ3v) is 6.02. The molecule has 1 atom stereocenters. The number of aryl methyl sites for hydroxylation is 2. The molecule has 33 heavy (non-hydrogen) atoms. The first kappa shape index (κ1) is 21.4. The molecule has 3 aromatic rings. The number of hydrogen-bond donors (Lipinski definition) is 1. The van der Waals surface area contributed by atoms with Gasteiger partial charge < -0.3 is 19.3 Å². The van der Waals surface area contributed by atoms with Crippen LogP contribution < -0.4 is 14.8 Å². The second-order valence-electron chi connectivity index (χ2n) is 8.59. The van der Waals surface area contributed by atoms with Gasteiger partial charge in [-0.15, -0.1) is 0 Å². The summed E-state index contributed by atoms with van der Waals surface area (Å²) in [5, 5.41) is 7.03. The van der Waals surface area contributed by atoms with Crippen LogP contribution in [0.1, 0.15) is 41.5 Å². The Kier molecular flexibility index (Phi) is 5.95. The minimum Gasteiger partial charge on any atom is -0.454 e. The van der Waals surface area contributed by atoms with E-state index in [2.05, 4.69) is 20.4 Å². The van der Waals surface area contributed by atoms with Crippen LogP contribution in [0.4, 0.5) is 0 Å². The summed E-state index contributed by atoms with van der Waals surface area (Å²) >= 11 is 0. The van der Waals surface area contributed by atoms with E-state index >= 15 is 0 Å². The molecule has 1 amide bonds. The maximum Gasteiger partial charge on any atom is 0.234 e. The van der Waals surface area contributed by atoms with E-state index < -0.39 is 0 Å². The number of hydrogen-bond acceptors (Lipinski definition) is 8. The SMILES string of the molecule is Cc1cc(-c2cnc(C)nc2[C@@H]2CCCN(CC(=O)NCc3ccc4c(c3)OCO4)C2)on1. The maximum atomic E-state index is 12.6. The van der Waals surface area contributed by atoms with Crippen LogP contribution in [0, 0.1) is 13.8 Å². The van der Waals surface area contributed by atoms with Gasteiger partial charge >= 0.3 is 0 Å². The molecule has 1 fully saturated rings. The molecule has 1 aromatic carbocycles. The largest absolute Gasteiger partial charge is 0.454 e. The highest BCUT2D eigenvalue weighted by atomic mass is 16.7. The summed E-state index contributed by atoms with van der Waals surface area (Å²) in [6, 6.07) is 7.62. The Labute approximate surface area is 192 Å². The van der Waals surface area contributed by atoms with Crippen molar-refractivity contribution < 1.29 is 18.8 Å². The van der Waals surface area contributed by atoms with Crippen molar-refractivity contribution in [3.63, 3.8) is 0 Å². The average molecular weight is 450 g/mol. The number of amides is 1. The van der Waals surface area contributed by atoms with Crippen molar-refractivity contribution in [1.29, 1.82) is 0 Å². The van der Waals surface area contributed by atoms with Crippen molar-refractivity contribution in [1.82, 2.24) is 25.3 Å². The van der Waals surface area contributed by atoms with E-state index in [-0.39, 0.29) is 18.6 Å². The van der Waals surface area contributed by atoms with Gasteiger partial charge in [0.05, 0.1) is 23.5 Å². The normalized spacial score (nSPS) is 17.8. The van der Waals surface area contributed by atoms with E-state index in [1.807, 2.05) is 44.3 Å². The third kappa shape index (κ3) is 4.83. The molecule has 2 aliphatic rings. The monoisotopic (exact) mass is 449 g/mol. The van der Waals surface area contributed by atoms with Gasteiger partial charge in [0.1, 0.15) is 5.82 Å². The maximum absolute atomic E-state index is 12.6. The molecule has 1 N–H and O–H groups in total. The van der Waals surface area contributed by atoms with E-state index in [9.17, 15) is 4.79 Å². The molecule has 9 nitrogen and oxygen atoms in total. The molecule has 9 heteroatoms. The third-order valence-electron chi connectivity index (χ3n) is 6.02. The summed E-state index contributed by atoms with van der Waals surface area (Å²) in [5.41, 5.74) is 3.64. The first-order valence-electron chi connectivity index (χ1n) is 11.2. The second kappa shape index (κ2) is 9.19. The van der Waals surface area contributed by atoms with Gasteiger partial charge in [-0.05, 0) is 50.9 Å². The zero-order valence-corrected chi connectivity index (χ0v) is 18.8. The van der Waals surface area contributed by atoms with Crippen LogP contribution in [0.15, 0.2) is 35.0 Å². The van der Waals surface area contributed by atoms with Crippen LogP contribution in [-0.4, -0.2) is 52.4 Å². The highest BCUT2D eigenvalue weighted by Crippen LogP contribution is 2.34. The standard InChI is InChI=1S/C24H27N5O4/c1-15-8-21(33-28-15)19-11-25-16(2)27-24(19)18-4-3-7-29(12-18)13-23(30)26-10-17-5-6-20-22(9-17)32-14-31-20/h5-6,8-9,11,18H,3-4,7,10,12-14H2,1-2H3,(H,26,30)/t18-/m1/s1. The zero-order chi connectivity index (χ0) is 22.8. The van der Waals surface area contributed by atoms with Gasteiger partial charge in [0.15, 0.2) is 17.3 Å². The number of nitrogens with one attached hydrogen (secondary N) is 1. The van der Waals surface area contributed by atoms with Gasteiger partial charge in [0.25, 0.3) is 0 Å². The molecule has 5 rings (SSSR count). The predicted molar refractivity (Wildman–Crippen MR) is 120 cm³/mol. The number of fused-ring (bicyclic) bond motifs is 1. The molecule has 4 heterocycles. The lowest BCUT2D eigenvalue weighted by molar-refractivity contribution is -0.122. The Hall–Kier alpha value is -3.46. The quantitative estimate of drug-likeness (QED) is 0.613. The fourth-order valence-electron chi connectivity index (χ4n) is 4.41.